The number of hydrogen-bond acceptors (Lipinski definition) is 5. The SMILES string of the molecule is Cc1ccc(-n2c(=O)n(C)c3cc(F)c(S(=O)(=O)NC4(CF)CC4)cc32)nn1. The molecule has 0 saturated heterocycles. The van der Waals surface area contributed by atoms with Crippen LogP contribution in [0.15, 0.2) is 34.0 Å². The van der Waals surface area contributed by atoms with Gasteiger partial charge in [-0.05, 0) is 38.0 Å². The molecule has 11 heteroatoms. The van der Waals surface area contributed by atoms with Gasteiger partial charge in [0.25, 0.3) is 0 Å². The van der Waals surface area contributed by atoms with E-state index in [2.05, 4.69) is 14.9 Å². The Morgan fingerprint density at radius 2 is 1.93 bits per heavy atom. The van der Waals surface area contributed by atoms with Crippen LogP contribution in [-0.4, -0.2) is 40.0 Å². The van der Waals surface area contributed by atoms with Crippen molar-refractivity contribution in [2.24, 2.45) is 7.05 Å². The second-order valence-electron chi connectivity index (χ2n) is 7.00. The molecule has 3 aromatic rings. The quantitative estimate of drug-likeness (QED) is 0.686. The van der Waals surface area contributed by atoms with E-state index in [1.807, 2.05) is 0 Å². The van der Waals surface area contributed by atoms with Crippen LogP contribution in [0.2, 0.25) is 0 Å². The van der Waals surface area contributed by atoms with Crippen LogP contribution in [0.4, 0.5) is 8.78 Å². The zero-order valence-electron chi connectivity index (χ0n) is 15.1. The van der Waals surface area contributed by atoms with Crippen molar-refractivity contribution >= 4 is 21.1 Å². The Hall–Kier alpha value is -2.66. The number of halogens is 2. The lowest BCUT2D eigenvalue weighted by atomic mass is 10.3. The second-order valence-corrected chi connectivity index (χ2v) is 8.65. The van der Waals surface area contributed by atoms with Gasteiger partial charge < -0.3 is 0 Å². The molecule has 1 saturated carbocycles. The highest BCUT2D eigenvalue weighted by Gasteiger charge is 2.46. The fraction of sp³-hybridized carbons (Fsp3) is 0.353. The largest absolute Gasteiger partial charge is 0.334 e. The third kappa shape index (κ3) is 2.90. The van der Waals surface area contributed by atoms with Gasteiger partial charge in [0.2, 0.25) is 10.0 Å². The van der Waals surface area contributed by atoms with E-state index in [0.717, 1.165) is 16.7 Å². The first kappa shape index (κ1) is 18.7. The summed E-state index contributed by atoms with van der Waals surface area (Å²) in [4.78, 5) is 12.0. The Morgan fingerprint density at radius 3 is 2.50 bits per heavy atom. The number of hydrogen-bond donors (Lipinski definition) is 1. The van der Waals surface area contributed by atoms with E-state index < -0.39 is 38.6 Å². The van der Waals surface area contributed by atoms with Crippen LogP contribution in [0.1, 0.15) is 18.5 Å². The number of benzene rings is 1. The van der Waals surface area contributed by atoms with Crippen LogP contribution in [0.3, 0.4) is 0 Å². The molecule has 0 unspecified atom stereocenters. The van der Waals surface area contributed by atoms with Gasteiger partial charge in [0, 0.05) is 13.1 Å². The molecular weight excluding hydrogens is 392 g/mol. The standard InChI is InChI=1S/C17H17F2N5O3S/c1-10-3-4-15(21-20-10)24-13-8-14(11(19)7-12(13)23(2)16(24)25)28(26,27)22-17(9-18)5-6-17/h3-4,7-8,22H,5-6,9H2,1-2H3. The Balaban J connectivity index is 1.93. The zero-order chi connectivity index (χ0) is 20.3. The maximum atomic E-state index is 14.6. The third-order valence-corrected chi connectivity index (χ3v) is 6.47. The van der Waals surface area contributed by atoms with Crippen LogP contribution in [0, 0.1) is 12.7 Å². The van der Waals surface area contributed by atoms with E-state index >= 15 is 0 Å². The van der Waals surface area contributed by atoms with Crippen molar-refractivity contribution in [2.75, 3.05) is 6.67 Å². The lowest BCUT2D eigenvalue weighted by molar-refractivity contribution is 0.392. The van der Waals surface area contributed by atoms with Crippen molar-refractivity contribution < 1.29 is 17.2 Å². The van der Waals surface area contributed by atoms with E-state index in [9.17, 15) is 22.0 Å². The van der Waals surface area contributed by atoms with E-state index in [1.54, 1.807) is 19.1 Å². The average molecular weight is 409 g/mol. The topological polar surface area (TPSA) is 98.9 Å². The van der Waals surface area contributed by atoms with Crippen molar-refractivity contribution in [3.8, 4) is 5.82 Å². The van der Waals surface area contributed by atoms with Gasteiger partial charge >= 0.3 is 5.69 Å². The number of aryl methyl sites for hydroxylation is 2. The summed E-state index contributed by atoms with van der Waals surface area (Å²) >= 11 is 0. The maximum absolute atomic E-state index is 14.6. The number of imidazole rings is 1. The van der Waals surface area contributed by atoms with Gasteiger partial charge in [0.15, 0.2) is 5.82 Å². The third-order valence-electron chi connectivity index (χ3n) is 4.87. The Bertz CT molecular complexity index is 1240. The average Bonchev–Trinajstić information content (AvgIpc) is 3.37. The lowest BCUT2D eigenvalue weighted by Crippen LogP contribution is -2.38. The summed E-state index contributed by atoms with van der Waals surface area (Å²) < 4.78 is 57.6. The van der Waals surface area contributed by atoms with Gasteiger partial charge in [-0.1, -0.05) is 0 Å². The van der Waals surface area contributed by atoms with Gasteiger partial charge in [-0.3, -0.25) is 4.57 Å². The molecule has 1 aliphatic carbocycles. The minimum absolute atomic E-state index is 0.150. The molecule has 1 fully saturated rings. The van der Waals surface area contributed by atoms with Gasteiger partial charge in [0.1, 0.15) is 17.4 Å². The summed E-state index contributed by atoms with van der Waals surface area (Å²) in [7, 11) is -2.88. The molecule has 28 heavy (non-hydrogen) atoms. The molecule has 2 heterocycles. The summed E-state index contributed by atoms with van der Waals surface area (Å²) in [6.07, 6.45) is 0.698. The molecule has 1 aliphatic rings. The lowest BCUT2D eigenvalue weighted by Gasteiger charge is -2.14. The molecule has 2 aromatic heterocycles. The van der Waals surface area contributed by atoms with Crippen LogP contribution in [0.25, 0.3) is 16.9 Å². The van der Waals surface area contributed by atoms with Crippen LogP contribution in [-0.2, 0) is 17.1 Å². The molecular formula is C17H17F2N5O3S. The van der Waals surface area contributed by atoms with Gasteiger partial charge in [0.05, 0.1) is 22.3 Å². The highest BCUT2D eigenvalue weighted by atomic mass is 32.2. The molecule has 148 valence electrons. The smallest absolute Gasteiger partial charge is 0.295 e. The molecule has 0 radical (unpaired) electrons. The molecule has 0 bridgehead atoms. The number of nitrogens with zero attached hydrogens (tertiary/aromatic N) is 4. The number of sulfonamides is 1. The highest BCUT2D eigenvalue weighted by molar-refractivity contribution is 7.89. The zero-order valence-corrected chi connectivity index (χ0v) is 15.9. The minimum Gasteiger partial charge on any atom is -0.295 e. The van der Waals surface area contributed by atoms with Crippen LogP contribution >= 0.6 is 0 Å². The first-order chi connectivity index (χ1) is 13.2. The first-order valence-electron chi connectivity index (χ1n) is 8.49. The summed E-state index contributed by atoms with van der Waals surface area (Å²) in [6.45, 7) is 0.859. The Labute approximate surface area is 158 Å². The molecule has 0 aliphatic heterocycles. The highest BCUT2D eigenvalue weighted by Crippen LogP contribution is 2.37. The summed E-state index contributed by atoms with van der Waals surface area (Å²) in [5.74, 6) is -0.857. The number of nitrogens with one attached hydrogen (secondary N) is 1. The fourth-order valence-electron chi connectivity index (χ4n) is 3.03. The first-order valence-corrected chi connectivity index (χ1v) is 9.97. The van der Waals surface area contributed by atoms with Gasteiger partial charge in [-0.15, -0.1) is 5.10 Å². The number of alkyl halides is 1. The summed E-state index contributed by atoms with van der Waals surface area (Å²) in [5.41, 5.74) is -0.721. The summed E-state index contributed by atoms with van der Waals surface area (Å²) in [5, 5.41) is 7.86. The van der Waals surface area contributed by atoms with E-state index in [-0.39, 0.29) is 16.9 Å². The fourth-order valence-corrected chi connectivity index (χ4v) is 4.55. The monoisotopic (exact) mass is 409 g/mol. The van der Waals surface area contributed by atoms with Crippen molar-refractivity contribution in [1.29, 1.82) is 0 Å². The van der Waals surface area contributed by atoms with Crippen LogP contribution in [0.5, 0.6) is 0 Å². The molecule has 0 atom stereocenters. The van der Waals surface area contributed by atoms with Gasteiger partial charge in [-0.2, -0.15) is 5.10 Å². The second kappa shape index (κ2) is 6.17. The maximum Gasteiger partial charge on any atom is 0.334 e. The molecule has 0 amide bonds. The van der Waals surface area contributed by atoms with E-state index in [0.29, 0.717) is 18.5 Å². The molecule has 4 rings (SSSR count). The van der Waals surface area contributed by atoms with Gasteiger partial charge in [-0.25, -0.2) is 31.3 Å². The van der Waals surface area contributed by atoms with Crippen molar-refractivity contribution in [1.82, 2.24) is 24.1 Å². The minimum atomic E-state index is -4.32. The molecule has 1 aromatic carbocycles. The van der Waals surface area contributed by atoms with Crippen LogP contribution < -0.4 is 10.4 Å². The van der Waals surface area contributed by atoms with E-state index in [1.165, 1.54) is 11.6 Å². The van der Waals surface area contributed by atoms with Crippen molar-refractivity contribution in [3.05, 3.63) is 46.3 Å². The van der Waals surface area contributed by atoms with Crippen molar-refractivity contribution in [2.45, 2.75) is 30.2 Å². The molecule has 0 spiro atoms. The van der Waals surface area contributed by atoms with E-state index in [4.69, 9.17) is 0 Å². The number of aromatic nitrogens is 4. The molecule has 1 N–H and O–H groups in total. The number of fused-ring (bicyclic) bond motifs is 1. The predicted molar refractivity (Wildman–Crippen MR) is 97.1 cm³/mol. The Morgan fingerprint density at radius 1 is 1.21 bits per heavy atom. The Kier molecular flexibility index (Phi) is 4.12. The molecule has 8 nitrogen and oxygen atoms in total. The normalized spacial score (nSPS) is 15.9. The predicted octanol–water partition coefficient (Wildman–Crippen LogP) is 1.35. The van der Waals surface area contributed by atoms with Crippen molar-refractivity contribution in [3.63, 3.8) is 0 Å². The summed E-state index contributed by atoms with van der Waals surface area (Å²) in [6, 6.07) is 5.23. The number of rotatable bonds is 5.